The van der Waals surface area contributed by atoms with Crippen LogP contribution in [0.2, 0.25) is 5.28 Å². The lowest BCUT2D eigenvalue weighted by atomic mass is 10.1. The number of halogens is 1. The molecule has 2 atom stereocenters. The van der Waals surface area contributed by atoms with E-state index in [1.165, 1.54) is 0 Å². The smallest absolute Gasteiger partial charge is 0.306 e. The Morgan fingerprint density at radius 2 is 2.07 bits per heavy atom. The van der Waals surface area contributed by atoms with Gasteiger partial charge in [-0.25, -0.2) is 4.98 Å². The van der Waals surface area contributed by atoms with Crippen molar-refractivity contribution in [1.29, 1.82) is 0 Å². The zero-order chi connectivity index (χ0) is 19.5. The second-order valence-electron chi connectivity index (χ2n) is 6.80. The number of hydrogen-bond donors (Lipinski definition) is 1. The SMILES string of the molecule is Nc1nc(Cl)nc2c1ccn2[C@H]1CC[C@@H](COC(=O)CCc2ccccc2)O1. The number of ether oxygens (including phenoxy) is 2. The number of anilines is 1. The van der Waals surface area contributed by atoms with Gasteiger partial charge < -0.3 is 19.8 Å². The van der Waals surface area contributed by atoms with Gasteiger partial charge in [-0.15, -0.1) is 0 Å². The van der Waals surface area contributed by atoms with Crippen LogP contribution in [0.25, 0.3) is 11.0 Å². The van der Waals surface area contributed by atoms with Crippen molar-refractivity contribution in [2.24, 2.45) is 0 Å². The molecule has 0 bridgehead atoms. The molecule has 3 aromatic rings. The van der Waals surface area contributed by atoms with Crippen LogP contribution in [-0.4, -0.2) is 33.2 Å². The number of carbonyl (C=O) groups excluding carboxylic acids is 1. The fourth-order valence-corrected chi connectivity index (χ4v) is 3.60. The first-order valence-corrected chi connectivity index (χ1v) is 9.62. The number of nitrogens with two attached hydrogens (primary N) is 1. The van der Waals surface area contributed by atoms with Crippen LogP contribution in [0, 0.1) is 0 Å². The second kappa shape index (κ2) is 8.16. The van der Waals surface area contributed by atoms with Gasteiger partial charge in [0, 0.05) is 12.6 Å². The van der Waals surface area contributed by atoms with Crippen LogP contribution in [0.15, 0.2) is 42.6 Å². The lowest BCUT2D eigenvalue weighted by molar-refractivity contribution is -0.148. The Morgan fingerprint density at radius 1 is 1.25 bits per heavy atom. The summed E-state index contributed by atoms with van der Waals surface area (Å²) in [6, 6.07) is 11.7. The molecule has 0 unspecified atom stereocenters. The molecular formula is C20H21ClN4O3. The highest BCUT2D eigenvalue weighted by Crippen LogP contribution is 2.32. The molecule has 0 radical (unpaired) electrons. The summed E-state index contributed by atoms with van der Waals surface area (Å²) in [6.45, 7) is 0.251. The predicted octanol–water partition coefficient (Wildman–Crippen LogP) is 3.52. The molecule has 1 fully saturated rings. The molecule has 2 aromatic heterocycles. The van der Waals surface area contributed by atoms with Gasteiger partial charge in [-0.3, -0.25) is 4.79 Å². The summed E-state index contributed by atoms with van der Waals surface area (Å²) < 4.78 is 13.3. The highest BCUT2D eigenvalue weighted by Gasteiger charge is 2.29. The van der Waals surface area contributed by atoms with Gasteiger partial charge in [0.25, 0.3) is 0 Å². The Morgan fingerprint density at radius 3 is 2.89 bits per heavy atom. The van der Waals surface area contributed by atoms with Crippen LogP contribution < -0.4 is 5.73 Å². The van der Waals surface area contributed by atoms with Gasteiger partial charge in [0.15, 0.2) is 0 Å². The molecule has 0 saturated carbocycles. The molecule has 1 aliphatic rings. The van der Waals surface area contributed by atoms with E-state index >= 15 is 0 Å². The maximum Gasteiger partial charge on any atom is 0.306 e. The van der Waals surface area contributed by atoms with Crippen molar-refractivity contribution < 1.29 is 14.3 Å². The molecule has 0 spiro atoms. The normalized spacial score (nSPS) is 19.2. The van der Waals surface area contributed by atoms with E-state index in [-0.39, 0.29) is 30.2 Å². The molecule has 1 aromatic carbocycles. The summed E-state index contributed by atoms with van der Waals surface area (Å²) in [5, 5.41) is 0.843. The van der Waals surface area contributed by atoms with Crippen molar-refractivity contribution >= 4 is 34.4 Å². The van der Waals surface area contributed by atoms with Crippen molar-refractivity contribution in [1.82, 2.24) is 14.5 Å². The van der Waals surface area contributed by atoms with E-state index in [0.717, 1.165) is 23.8 Å². The summed E-state index contributed by atoms with van der Waals surface area (Å²) in [6.07, 6.45) is 4.14. The minimum Gasteiger partial charge on any atom is -0.463 e. The molecule has 0 amide bonds. The fraction of sp³-hybridized carbons (Fsp3) is 0.350. The summed E-state index contributed by atoms with van der Waals surface area (Å²) in [5.74, 6) is 0.130. The molecule has 4 rings (SSSR count). The number of benzene rings is 1. The maximum absolute atomic E-state index is 12.0. The van der Waals surface area contributed by atoms with Crippen LogP contribution in [-0.2, 0) is 20.7 Å². The van der Waals surface area contributed by atoms with E-state index in [2.05, 4.69) is 9.97 Å². The molecule has 3 heterocycles. The molecule has 0 aliphatic carbocycles. The average molecular weight is 401 g/mol. The number of aromatic nitrogens is 3. The fourth-order valence-electron chi connectivity index (χ4n) is 3.42. The summed E-state index contributed by atoms with van der Waals surface area (Å²) >= 11 is 5.93. The van der Waals surface area contributed by atoms with Crippen LogP contribution in [0.4, 0.5) is 5.82 Å². The standard InChI is InChI=1S/C20H21ClN4O3/c21-20-23-18(22)15-10-11-25(19(15)24-20)16-8-7-14(28-16)12-27-17(26)9-6-13-4-2-1-3-5-13/h1-5,10-11,14,16H,6-9,12H2,(H2,22,23,24)/t14-,16+/m0/s1. The van der Waals surface area contributed by atoms with Crippen LogP contribution in [0.1, 0.15) is 31.1 Å². The van der Waals surface area contributed by atoms with E-state index in [4.69, 9.17) is 26.8 Å². The van der Waals surface area contributed by atoms with E-state index in [1.54, 1.807) is 0 Å². The van der Waals surface area contributed by atoms with Gasteiger partial charge in [-0.1, -0.05) is 30.3 Å². The predicted molar refractivity (Wildman–Crippen MR) is 106 cm³/mol. The quantitative estimate of drug-likeness (QED) is 0.502. The number of hydrogen-bond acceptors (Lipinski definition) is 6. The number of esters is 1. The molecule has 7 nitrogen and oxygen atoms in total. The molecule has 1 aliphatic heterocycles. The first-order valence-electron chi connectivity index (χ1n) is 9.24. The van der Waals surface area contributed by atoms with E-state index in [0.29, 0.717) is 24.3 Å². The Hall–Kier alpha value is -2.64. The monoisotopic (exact) mass is 400 g/mol. The van der Waals surface area contributed by atoms with Gasteiger partial charge in [0.1, 0.15) is 24.3 Å². The lowest BCUT2D eigenvalue weighted by Gasteiger charge is -2.16. The summed E-state index contributed by atoms with van der Waals surface area (Å²) in [4.78, 5) is 20.2. The Balaban J connectivity index is 1.30. The number of rotatable bonds is 6. The van der Waals surface area contributed by atoms with E-state index < -0.39 is 0 Å². The highest BCUT2D eigenvalue weighted by atomic mass is 35.5. The van der Waals surface area contributed by atoms with Crippen LogP contribution in [0.3, 0.4) is 0 Å². The van der Waals surface area contributed by atoms with Crippen molar-refractivity contribution in [2.75, 3.05) is 12.3 Å². The Bertz CT molecular complexity index is 976. The minimum absolute atomic E-state index is 0.104. The third-order valence-corrected chi connectivity index (χ3v) is 5.03. The molecule has 1 saturated heterocycles. The first kappa shape index (κ1) is 18.7. The molecule has 146 valence electrons. The average Bonchev–Trinajstić information content (AvgIpc) is 3.32. The summed E-state index contributed by atoms with van der Waals surface area (Å²) in [7, 11) is 0. The minimum atomic E-state index is -0.213. The summed E-state index contributed by atoms with van der Waals surface area (Å²) in [5.41, 5.74) is 7.66. The van der Waals surface area contributed by atoms with Crippen molar-refractivity contribution in [3.8, 4) is 0 Å². The molecule has 28 heavy (non-hydrogen) atoms. The highest BCUT2D eigenvalue weighted by molar-refractivity contribution is 6.28. The number of nitrogen functional groups attached to an aromatic ring is 1. The second-order valence-corrected chi connectivity index (χ2v) is 7.13. The largest absolute Gasteiger partial charge is 0.463 e. The zero-order valence-electron chi connectivity index (χ0n) is 15.3. The van der Waals surface area contributed by atoms with Gasteiger partial charge in [-0.2, -0.15) is 4.98 Å². The van der Waals surface area contributed by atoms with Crippen LogP contribution >= 0.6 is 11.6 Å². The van der Waals surface area contributed by atoms with Crippen molar-refractivity contribution in [3.63, 3.8) is 0 Å². The van der Waals surface area contributed by atoms with Crippen molar-refractivity contribution in [2.45, 2.75) is 38.0 Å². The third kappa shape index (κ3) is 4.10. The van der Waals surface area contributed by atoms with Gasteiger partial charge in [0.2, 0.25) is 5.28 Å². The number of carbonyl (C=O) groups is 1. The lowest BCUT2D eigenvalue weighted by Crippen LogP contribution is -2.19. The number of fused-ring (bicyclic) bond motifs is 1. The van der Waals surface area contributed by atoms with Crippen molar-refractivity contribution in [3.05, 3.63) is 53.4 Å². The van der Waals surface area contributed by atoms with Gasteiger partial charge >= 0.3 is 5.97 Å². The maximum atomic E-state index is 12.0. The van der Waals surface area contributed by atoms with Gasteiger partial charge in [-0.05, 0) is 42.5 Å². The van der Waals surface area contributed by atoms with E-state index in [9.17, 15) is 4.79 Å². The van der Waals surface area contributed by atoms with E-state index in [1.807, 2.05) is 47.2 Å². The first-order chi connectivity index (χ1) is 13.6. The number of nitrogens with zero attached hydrogens (tertiary/aromatic N) is 3. The van der Waals surface area contributed by atoms with Gasteiger partial charge in [0.05, 0.1) is 11.5 Å². The Kier molecular flexibility index (Phi) is 5.45. The molecule has 8 heteroatoms. The third-order valence-electron chi connectivity index (χ3n) is 4.86. The zero-order valence-corrected chi connectivity index (χ0v) is 16.0. The Labute approximate surface area is 167 Å². The topological polar surface area (TPSA) is 92.3 Å². The number of aryl methyl sites for hydroxylation is 1. The van der Waals surface area contributed by atoms with Crippen LogP contribution in [0.5, 0.6) is 0 Å². The molecular weight excluding hydrogens is 380 g/mol. The molecule has 2 N–H and O–H groups in total.